The molecule has 0 aliphatic rings. The highest BCUT2D eigenvalue weighted by molar-refractivity contribution is 5.75. The smallest absolute Gasteiger partial charge is 0.219 e. The van der Waals surface area contributed by atoms with E-state index in [1.54, 1.807) is 0 Å². The Labute approximate surface area is 197 Å². The molecule has 0 aromatic carbocycles. The number of rotatable bonds is 21. The fraction of sp³-hybridized carbons (Fsp3) is 0.846. The molecule has 0 spiro atoms. The van der Waals surface area contributed by atoms with Gasteiger partial charge in [-0.25, -0.2) is 0 Å². The van der Waals surface area contributed by atoms with Crippen molar-refractivity contribution in [3.63, 3.8) is 0 Å². The number of unbranched alkanes of at least 4 members (excludes halogenated alkanes) is 8. The number of hydrogen-bond donors (Lipinski definition) is 2. The summed E-state index contributed by atoms with van der Waals surface area (Å²) in [4.78, 5) is 23.1. The van der Waals surface area contributed by atoms with Gasteiger partial charge in [0.05, 0.1) is 33.2 Å². The van der Waals surface area contributed by atoms with Crippen LogP contribution in [0.5, 0.6) is 0 Å². The van der Waals surface area contributed by atoms with Gasteiger partial charge in [-0.1, -0.05) is 64.0 Å². The van der Waals surface area contributed by atoms with Crippen molar-refractivity contribution in [2.45, 2.75) is 115 Å². The third-order valence-electron chi connectivity index (χ3n) is 5.92. The van der Waals surface area contributed by atoms with Crippen molar-refractivity contribution in [1.29, 1.82) is 0 Å². The average molecular weight is 455 g/mol. The first-order valence-electron chi connectivity index (χ1n) is 12.8. The SMILES string of the molecule is CCCCCC[C@@H](O)C/C=C\CCCCCCCC(=O)NCCCC(C(=O)[O-])[N+](C)(C)C. The molecule has 188 valence electrons. The van der Waals surface area contributed by atoms with E-state index in [4.69, 9.17) is 0 Å². The maximum atomic E-state index is 11.9. The van der Waals surface area contributed by atoms with E-state index in [0.717, 1.165) is 51.4 Å². The zero-order valence-corrected chi connectivity index (χ0v) is 21.2. The van der Waals surface area contributed by atoms with E-state index < -0.39 is 12.0 Å². The molecule has 2 N–H and O–H groups in total. The number of nitrogens with one attached hydrogen (secondary N) is 1. The predicted octanol–water partition coefficient (Wildman–Crippen LogP) is 3.72. The first-order chi connectivity index (χ1) is 15.2. The molecular formula is C26H50N2O4. The molecule has 0 fully saturated rings. The zero-order chi connectivity index (χ0) is 24.2. The van der Waals surface area contributed by atoms with Gasteiger partial charge in [-0.3, -0.25) is 4.79 Å². The third kappa shape index (κ3) is 18.2. The highest BCUT2D eigenvalue weighted by Gasteiger charge is 2.24. The van der Waals surface area contributed by atoms with Crippen LogP contribution in [-0.4, -0.2) is 61.3 Å². The number of carbonyl (C=O) groups is 2. The summed E-state index contributed by atoms with van der Waals surface area (Å²) in [5, 5.41) is 24.0. The van der Waals surface area contributed by atoms with E-state index in [1.807, 2.05) is 21.1 Å². The molecule has 0 aromatic rings. The fourth-order valence-corrected chi connectivity index (χ4v) is 3.81. The van der Waals surface area contributed by atoms with Crippen LogP contribution in [0.1, 0.15) is 103 Å². The van der Waals surface area contributed by atoms with E-state index in [-0.39, 0.29) is 12.0 Å². The van der Waals surface area contributed by atoms with Gasteiger partial charge in [0.2, 0.25) is 5.91 Å². The highest BCUT2D eigenvalue weighted by Crippen LogP contribution is 2.11. The molecule has 1 unspecified atom stereocenters. The fourth-order valence-electron chi connectivity index (χ4n) is 3.81. The predicted molar refractivity (Wildman–Crippen MR) is 130 cm³/mol. The molecule has 0 heterocycles. The van der Waals surface area contributed by atoms with Gasteiger partial charge in [-0.2, -0.15) is 0 Å². The Bertz CT molecular complexity index is 514. The Morgan fingerprint density at radius 1 is 0.906 bits per heavy atom. The molecule has 0 bridgehead atoms. The van der Waals surface area contributed by atoms with Crippen molar-refractivity contribution in [3.05, 3.63) is 12.2 Å². The molecule has 1 amide bonds. The molecule has 0 aliphatic carbocycles. The monoisotopic (exact) mass is 454 g/mol. The van der Waals surface area contributed by atoms with Gasteiger partial charge in [0.1, 0.15) is 6.04 Å². The Morgan fingerprint density at radius 2 is 1.56 bits per heavy atom. The number of quaternary nitrogens is 1. The van der Waals surface area contributed by atoms with Crippen LogP contribution in [0.4, 0.5) is 0 Å². The molecule has 0 saturated carbocycles. The number of carbonyl (C=O) groups excluding carboxylic acids is 2. The standard InChI is InChI=1S/C26H50N2O4/c1-5-6-7-14-18-23(29)19-15-12-10-8-9-11-13-16-21-25(30)27-22-17-20-24(26(31)32)28(2,3)4/h12,15,23-24,29H,5-11,13-14,16-22H2,1-4H3,(H-,27,30,31,32)/b15-12-/t23-,24?/m1/s1. The van der Waals surface area contributed by atoms with Crippen molar-refractivity contribution in [3.8, 4) is 0 Å². The number of aliphatic hydroxyl groups is 1. The van der Waals surface area contributed by atoms with Gasteiger partial charge in [0.15, 0.2) is 0 Å². The largest absolute Gasteiger partial charge is 0.544 e. The van der Waals surface area contributed by atoms with E-state index in [1.165, 1.54) is 25.7 Å². The Kier molecular flexibility index (Phi) is 18.3. The summed E-state index contributed by atoms with van der Waals surface area (Å²) in [6.07, 6.45) is 18.8. The van der Waals surface area contributed by atoms with E-state index in [0.29, 0.717) is 30.3 Å². The summed E-state index contributed by atoms with van der Waals surface area (Å²) in [5.74, 6) is -0.980. The molecule has 6 heteroatoms. The number of amides is 1. The minimum atomic E-state index is -1.03. The number of hydrogen-bond acceptors (Lipinski definition) is 4. The number of likely N-dealkylation sites (N-methyl/N-ethyl adjacent to an activating group) is 1. The van der Waals surface area contributed by atoms with Gasteiger partial charge in [0.25, 0.3) is 0 Å². The quantitative estimate of drug-likeness (QED) is 0.157. The number of aliphatic hydroxyl groups excluding tert-OH is 1. The van der Waals surface area contributed by atoms with Crippen molar-refractivity contribution in [2.24, 2.45) is 0 Å². The lowest BCUT2D eigenvalue weighted by molar-refractivity contribution is -0.889. The molecule has 0 aromatic heterocycles. The molecule has 0 aliphatic heterocycles. The van der Waals surface area contributed by atoms with Gasteiger partial charge in [-0.15, -0.1) is 0 Å². The summed E-state index contributed by atoms with van der Waals surface area (Å²) in [6.45, 7) is 2.72. The molecule has 0 radical (unpaired) electrons. The van der Waals surface area contributed by atoms with Gasteiger partial charge in [-0.05, 0) is 38.5 Å². The lowest BCUT2D eigenvalue weighted by Crippen LogP contribution is -2.54. The number of nitrogens with zero attached hydrogens (tertiary/aromatic N) is 1. The summed E-state index contributed by atoms with van der Waals surface area (Å²) >= 11 is 0. The Hall–Kier alpha value is -1.40. The summed E-state index contributed by atoms with van der Waals surface area (Å²) in [5.41, 5.74) is 0. The lowest BCUT2D eigenvalue weighted by atomic mass is 10.1. The van der Waals surface area contributed by atoms with Crippen molar-refractivity contribution < 1.29 is 24.3 Å². The van der Waals surface area contributed by atoms with Crippen LogP contribution in [-0.2, 0) is 9.59 Å². The first-order valence-corrected chi connectivity index (χ1v) is 12.8. The van der Waals surface area contributed by atoms with Crippen molar-refractivity contribution in [2.75, 3.05) is 27.7 Å². The minimum Gasteiger partial charge on any atom is -0.544 e. The van der Waals surface area contributed by atoms with Crippen LogP contribution in [0, 0.1) is 0 Å². The van der Waals surface area contributed by atoms with Gasteiger partial charge < -0.3 is 24.8 Å². The topological polar surface area (TPSA) is 89.5 Å². The molecular weight excluding hydrogens is 404 g/mol. The van der Waals surface area contributed by atoms with Gasteiger partial charge in [0, 0.05) is 19.4 Å². The number of allylic oxidation sites excluding steroid dienone is 1. The molecule has 6 nitrogen and oxygen atoms in total. The maximum Gasteiger partial charge on any atom is 0.219 e. The first kappa shape index (κ1) is 30.6. The molecule has 0 rings (SSSR count). The van der Waals surface area contributed by atoms with Crippen molar-refractivity contribution >= 4 is 11.9 Å². The number of carboxylic acid groups (broad SMARTS) is 1. The maximum absolute atomic E-state index is 11.9. The second-order valence-corrected chi connectivity index (χ2v) is 9.96. The third-order valence-corrected chi connectivity index (χ3v) is 5.92. The Balaban J connectivity index is 3.57. The van der Waals surface area contributed by atoms with E-state index >= 15 is 0 Å². The lowest BCUT2D eigenvalue weighted by Gasteiger charge is -2.34. The summed E-state index contributed by atoms with van der Waals surface area (Å²) in [6, 6.07) is -0.553. The van der Waals surface area contributed by atoms with Crippen LogP contribution in [0.25, 0.3) is 0 Å². The Morgan fingerprint density at radius 3 is 2.22 bits per heavy atom. The number of carboxylic acids is 1. The summed E-state index contributed by atoms with van der Waals surface area (Å²) < 4.78 is 0.327. The van der Waals surface area contributed by atoms with Crippen LogP contribution >= 0.6 is 0 Å². The van der Waals surface area contributed by atoms with Crippen LogP contribution < -0.4 is 10.4 Å². The van der Waals surface area contributed by atoms with Crippen LogP contribution in [0.15, 0.2) is 12.2 Å². The zero-order valence-electron chi connectivity index (χ0n) is 21.2. The van der Waals surface area contributed by atoms with Crippen LogP contribution in [0.3, 0.4) is 0 Å². The molecule has 32 heavy (non-hydrogen) atoms. The van der Waals surface area contributed by atoms with Gasteiger partial charge >= 0.3 is 0 Å². The second kappa shape index (κ2) is 19.1. The van der Waals surface area contributed by atoms with E-state index in [2.05, 4.69) is 24.4 Å². The summed E-state index contributed by atoms with van der Waals surface area (Å²) in [7, 11) is 5.53. The number of aliphatic carboxylic acids is 1. The van der Waals surface area contributed by atoms with Crippen molar-refractivity contribution in [1.82, 2.24) is 5.32 Å². The minimum absolute atomic E-state index is 0.0523. The van der Waals surface area contributed by atoms with Crippen LogP contribution in [0.2, 0.25) is 0 Å². The normalized spacial score (nSPS) is 13.9. The highest BCUT2D eigenvalue weighted by atomic mass is 16.4. The van der Waals surface area contributed by atoms with E-state index in [9.17, 15) is 19.8 Å². The molecule has 0 saturated heterocycles. The second-order valence-electron chi connectivity index (χ2n) is 9.96. The average Bonchev–Trinajstić information content (AvgIpc) is 2.71. The molecule has 2 atom stereocenters.